The molecule has 1 aromatic rings. The van der Waals surface area contributed by atoms with E-state index in [9.17, 15) is 4.79 Å². The summed E-state index contributed by atoms with van der Waals surface area (Å²) in [6.07, 6.45) is 4.72. The van der Waals surface area contributed by atoms with Gasteiger partial charge in [-0.1, -0.05) is 0 Å². The van der Waals surface area contributed by atoms with E-state index in [0.29, 0.717) is 18.2 Å². The molecule has 0 aromatic carbocycles. The highest BCUT2D eigenvalue weighted by Crippen LogP contribution is 2.18. The van der Waals surface area contributed by atoms with Gasteiger partial charge in [0.15, 0.2) is 0 Å². The highest BCUT2D eigenvalue weighted by Gasteiger charge is 2.13. The summed E-state index contributed by atoms with van der Waals surface area (Å²) in [6, 6.07) is 3.17. The average Bonchev–Trinajstić information content (AvgIpc) is 2.44. The molecule has 0 saturated carbocycles. The van der Waals surface area contributed by atoms with Crippen molar-refractivity contribution < 1.29 is 14.6 Å². The number of pyridine rings is 1. The van der Waals surface area contributed by atoms with Crippen LogP contribution in [0.5, 0.6) is 5.88 Å². The number of carbonyl (C=O) groups is 1. The molecule has 0 bridgehead atoms. The normalized spacial score (nSPS) is 15.3. The van der Waals surface area contributed by atoms with Crippen LogP contribution in [-0.2, 0) is 0 Å². The largest absolute Gasteiger partial charge is 0.478 e. The second-order valence-corrected chi connectivity index (χ2v) is 5.27. The molecule has 0 atom stereocenters. The van der Waals surface area contributed by atoms with Gasteiger partial charge in [0.05, 0.1) is 17.9 Å². The predicted molar refractivity (Wildman–Crippen MR) is 83.5 cm³/mol. The van der Waals surface area contributed by atoms with E-state index in [1.807, 2.05) is 0 Å². The number of aryl methyl sites for hydroxylation is 1. The van der Waals surface area contributed by atoms with Gasteiger partial charge in [0, 0.05) is 6.07 Å². The number of nitrogens with zero attached hydrogens (tertiary/aromatic N) is 1. The van der Waals surface area contributed by atoms with E-state index in [0.717, 1.165) is 25.4 Å². The SMILES string of the molecule is Cc1nc(OCCCC2CCNCC2)ccc1C(=O)O.Cl. The molecule has 0 amide bonds. The van der Waals surface area contributed by atoms with Gasteiger partial charge in [-0.25, -0.2) is 9.78 Å². The lowest BCUT2D eigenvalue weighted by Gasteiger charge is -2.22. The van der Waals surface area contributed by atoms with Crippen LogP contribution in [0.25, 0.3) is 0 Å². The predicted octanol–water partition coefficient (Wildman–Crippen LogP) is 2.67. The summed E-state index contributed by atoms with van der Waals surface area (Å²) in [5.74, 6) is 0.370. The summed E-state index contributed by atoms with van der Waals surface area (Å²) in [5, 5.41) is 12.3. The van der Waals surface area contributed by atoms with Crippen molar-refractivity contribution in [3.63, 3.8) is 0 Å². The van der Waals surface area contributed by atoms with Crippen LogP contribution in [0.4, 0.5) is 0 Å². The number of aromatic carboxylic acids is 1. The minimum absolute atomic E-state index is 0. The molecule has 1 aliphatic heterocycles. The van der Waals surface area contributed by atoms with Crippen molar-refractivity contribution in [3.05, 3.63) is 23.4 Å². The van der Waals surface area contributed by atoms with Crippen LogP contribution < -0.4 is 10.1 Å². The lowest BCUT2D eigenvalue weighted by molar-refractivity contribution is 0.0695. The molecule has 5 nitrogen and oxygen atoms in total. The van der Waals surface area contributed by atoms with Crippen molar-refractivity contribution in [3.8, 4) is 5.88 Å². The molecule has 0 unspecified atom stereocenters. The Hall–Kier alpha value is -1.33. The van der Waals surface area contributed by atoms with Crippen LogP contribution >= 0.6 is 12.4 Å². The highest BCUT2D eigenvalue weighted by molar-refractivity contribution is 5.88. The number of carboxylic acid groups (broad SMARTS) is 1. The minimum atomic E-state index is -0.951. The van der Waals surface area contributed by atoms with Crippen LogP contribution in [0, 0.1) is 12.8 Å². The summed E-state index contributed by atoms with van der Waals surface area (Å²) in [4.78, 5) is 15.0. The molecule has 6 heteroatoms. The summed E-state index contributed by atoms with van der Waals surface area (Å²) >= 11 is 0. The van der Waals surface area contributed by atoms with Gasteiger partial charge in [0.2, 0.25) is 5.88 Å². The Morgan fingerprint density at radius 1 is 1.43 bits per heavy atom. The zero-order valence-electron chi connectivity index (χ0n) is 12.3. The monoisotopic (exact) mass is 314 g/mol. The van der Waals surface area contributed by atoms with E-state index >= 15 is 0 Å². The van der Waals surface area contributed by atoms with Gasteiger partial charge in [0.25, 0.3) is 0 Å². The van der Waals surface area contributed by atoms with Gasteiger partial charge in [0.1, 0.15) is 0 Å². The molecule has 0 aliphatic carbocycles. The summed E-state index contributed by atoms with van der Waals surface area (Å²) in [7, 11) is 0. The minimum Gasteiger partial charge on any atom is -0.478 e. The van der Waals surface area contributed by atoms with Crippen molar-refractivity contribution in [1.82, 2.24) is 10.3 Å². The van der Waals surface area contributed by atoms with E-state index < -0.39 is 5.97 Å². The molecule has 2 heterocycles. The Morgan fingerprint density at radius 3 is 2.76 bits per heavy atom. The van der Waals surface area contributed by atoms with Crippen molar-refractivity contribution >= 4 is 18.4 Å². The second kappa shape index (κ2) is 8.85. The number of hydrogen-bond donors (Lipinski definition) is 2. The van der Waals surface area contributed by atoms with Crippen molar-refractivity contribution in [2.75, 3.05) is 19.7 Å². The lowest BCUT2D eigenvalue weighted by Crippen LogP contribution is -2.27. The van der Waals surface area contributed by atoms with Crippen LogP contribution in [0.2, 0.25) is 0 Å². The molecule has 1 aliphatic rings. The van der Waals surface area contributed by atoms with Crippen LogP contribution in [0.3, 0.4) is 0 Å². The van der Waals surface area contributed by atoms with Crippen molar-refractivity contribution in [1.29, 1.82) is 0 Å². The number of piperidine rings is 1. The number of rotatable bonds is 6. The molecule has 1 fully saturated rings. The third-order valence-electron chi connectivity index (χ3n) is 3.76. The molecular weight excluding hydrogens is 292 g/mol. The first-order valence-corrected chi connectivity index (χ1v) is 7.21. The fourth-order valence-corrected chi connectivity index (χ4v) is 2.56. The van der Waals surface area contributed by atoms with E-state index in [4.69, 9.17) is 9.84 Å². The fraction of sp³-hybridized carbons (Fsp3) is 0.600. The van der Waals surface area contributed by atoms with E-state index in [1.165, 1.54) is 19.3 Å². The maximum Gasteiger partial charge on any atom is 0.337 e. The number of hydrogen-bond acceptors (Lipinski definition) is 4. The molecule has 0 radical (unpaired) electrons. The van der Waals surface area contributed by atoms with Gasteiger partial charge in [-0.15, -0.1) is 12.4 Å². The standard InChI is InChI=1S/C15H22N2O3.ClH/c1-11-13(15(18)19)4-5-14(17-11)20-10-2-3-12-6-8-16-9-7-12;/h4-5,12,16H,2-3,6-10H2,1H3,(H,18,19);1H. The first-order valence-electron chi connectivity index (χ1n) is 7.21. The summed E-state index contributed by atoms with van der Waals surface area (Å²) in [5.41, 5.74) is 0.723. The maximum absolute atomic E-state index is 10.9. The van der Waals surface area contributed by atoms with Gasteiger partial charge >= 0.3 is 5.97 Å². The fourth-order valence-electron chi connectivity index (χ4n) is 2.56. The molecule has 2 N–H and O–H groups in total. The molecule has 0 spiro atoms. The first-order chi connectivity index (χ1) is 9.66. The van der Waals surface area contributed by atoms with Gasteiger partial charge < -0.3 is 15.2 Å². The third kappa shape index (κ3) is 5.52. The maximum atomic E-state index is 10.9. The van der Waals surface area contributed by atoms with E-state index in [1.54, 1.807) is 19.1 Å². The van der Waals surface area contributed by atoms with Crippen LogP contribution in [-0.4, -0.2) is 35.8 Å². The Balaban J connectivity index is 0.00000220. The molecule has 1 saturated heterocycles. The smallest absolute Gasteiger partial charge is 0.337 e. The lowest BCUT2D eigenvalue weighted by atomic mass is 9.93. The molecular formula is C15H23ClN2O3. The van der Waals surface area contributed by atoms with Gasteiger partial charge in [-0.3, -0.25) is 0 Å². The summed E-state index contributed by atoms with van der Waals surface area (Å²) < 4.78 is 5.59. The zero-order chi connectivity index (χ0) is 14.4. The summed E-state index contributed by atoms with van der Waals surface area (Å²) in [6.45, 7) is 4.58. The Kier molecular flexibility index (Phi) is 7.47. The number of nitrogens with one attached hydrogen (secondary N) is 1. The second-order valence-electron chi connectivity index (χ2n) is 5.27. The number of ether oxygens (including phenoxy) is 1. The topological polar surface area (TPSA) is 71.5 Å². The third-order valence-corrected chi connectivity index (χ3v) is 3.76. The Labute approximate surface area is 131 Å². The average molecular weight is 315 g/mol. The first kappa shape index (κ1) is 17.7. The van der Waals surface area contributed by atoms with Crippen LogP contribution in [0.15, 0.2) is 12.1 Å². The van der Waals surface area contributed by atoms with Crippen LogP contribution in [0.1, 0.15) is 41.7 Å². The molecule has 2 rings (SSSR count). The number of halogens is 1. The van der Waals surface area contributed by atoms with Crippen molar-refractivity contribution in [2.24, 2.45) is 5.92 Å². The number of aromatic nitrogens is 1. The molecule has 21 heavy (non-hydrogen) atoms. The molecule has 1 aromatic heterocycles. The van der Waals surface area contributed by atoms with E-state index in [2.05, 4.69) is 10.3 Å². The quantitative estimate of drug-likeness (QED) is 0.790. The highest BCUT2D eigenvalue weighted by atomic mass is 35.5. The van der Waals surface area contributed by atoms with Gasteiger partial charge in [-0.05, 0) is 57.7 Å². The Bertz CT molecular complexity index is 462. The number of carboxylic acids is 1. The van der Waals surface area contributed by atoms with Gasteiger partial charge in [-0.2, -0.15) is 0 Å². The zero-order valence-corrected chi connectivity index (χ0v) is 13.1. The van der Waals surface area contributed by atoms with Crippen molar-refractivity contribution in [2.45, 2.75) is 32.6 Å². The molecule has 118 valence electrons. The Morgan fingerprint density at radius 2 is 2.14 bits per heavy atom. The van der Waals surface area contributed by atoms with E-state index in [-0.39, 0.29) is 18.0 Å².